The van der Waals surface area contributed by atoms with Gasteiger partial charge in [0.05, 0.1) is 17.0 Å². The molecule has 236 valence electrons. The van der Waals surface area contributed by atoms with Crippen LogP contribution in [0.1, 0.15) is 56.1 Å². The lowest BCUT2D eigenvalue weighted by Gasteiger charge is -2.34. The van der Waals surface area contributed by atoms with E-state index in [-0.39, 0.29) is 54.5 Å². The molecule has 44 heavy (non-hydrogen) atoms. The lowest BCUT2D eigenvalue weighted by atomic mass is 9.94. The van der Waals surface area contributed by atoms with Crippen LogP contribution in [0, 0.1) is 5.82 Å². The second kappa shape index (κ2) is 15.7. The number of benzene rings is 3. The van der Waals surface area contributed by atoms with Gasteiger partial charge < -0.3 is 10.2 Å². The first-order chi connectivity index (χ1) is 21.0. The molecule has 0 radical (unpaired) electrons. The minimum Gasteiger partial charge on any atom is -0.352 e. The molecule has 1 fully saturated rings. The number of carbonyl (C=O) groups is 2. The Hall–Kier alpha value is -3.14. The summed E-state index contributed by atoms with van der Waals surface area (Å²) in [5.41, 5.74) is 1.80. The number of nitrogens with one attached hydrogen (secondary N) is 1. The monoisotopic (exact) mass is 661 g/mol. The molecule has 3 aromatic rings. The van der Waals surface area contributed by atoms with Gasteiger partial charge >= 0.3 is 0 Å². The Morgan fingerprint density at radius 2 is 1.64 bits per heavy atom. The van der Waals surface area contributed by atoms with Crippen molar-refractivity contribution >= 4 is 50.7 Å². The molecule has 0 spiro atoms. The van der Waals surface area contributed by atoms with Crippen molar-refractivity contribution in [2.45, 2.75) is 70.0 Å². The maximum atomic E-state index is 14.0. The maximum Gasteiger partial charge on any atom is 0.243 e. The number of rotatable bonds is 13. The third kappa shape index (κ3) is 9.68. The summed E-state index contributed by atoms with van der Waals surface area (Å²) in [5.74, 6) is -0.956. The Kier molecular flexibility index (Phi) is 12.1. The van der Waals surface area contributed by atoms with Crippen molar-refractivity contribution in [3.8, 4) is 0 Å². The smallest absolute Gasteiger partial charge is 0.243 e. The summed E-state index contributed by atoms with van der Waals surface area (Å²) in [7, 11) is -3.75. The van der Waals surface area contributed by atoms with E-state index < -0.39 is 21.9 Å². The number of sulfonamides is 1. The largest absolute Gasteiger partial charge is 0.352 e. The summed E-state index contributed by atoms with van der Waals surface area (Å²) in [6.07, 6.45) is 6.49. The second-order valence-electron chi connectivity index (χ2n) is 11.2. The lowest BCUT2D eigenvalue weighted by molar-refractivity contribution is -0.141. The zero-order chi connectivity index (χ0) is 31.7. The Bertz CT molecular complexity index is 1520. The van der Waals surface area contributed by atoms with E-state index in [1.54, 1.807) is 18.2 Å². The average Bonchev–Trinajstić information content (AvgIpc) is 2.99. The normalized spacial score (nSPS) is 14.5. The number of hydrogen-bond donors (Lipinski definition) is 1. The van der Waals surface area contributed by atoms with Crippen LogP contribution in [0.25, 0.3) is 0 Å². The van der Waals surface area contributed by atoms with Gasteiger partial charge in [0.2, 0.25) is 21.8 Å². The van der Waals surface area contributed by atoms with Crippen molar-refractivity contribution in [2.75, 3.05) is 17.1 Å². The van der Waals surface area contributed by atoms with Crippen LogP contribution in [0.2, 0.25) is 10.0 Å². The van der Waals surface area contributed by atoms with E-state index in [0.29, 0.717) is 17.0 Å². The molecule has 0 bridgehead atoms. The molecule has 11 heteroatoms. The molecule has 0 saturated heterocycles. The molecule has 1 N–H and O–H groups in total. The van der Waals surface area contributed by atoms with Crippen molar-refractivity contribution in [1.82, 2.24) is 10.2 Å². The van der Waals surface area contributed by atoms with E-state index >= 15 is 0 Å². The number of hydrogen-bond acceptors (Lipinski definition) is 4. The van der Waals surface area contributed by atoms with Gasteiger partial charge in [-0.3, -0.25) is 13.9 Å². The molecule has 2 amide bonds. The number of nitrogens with zero attached hydrogens (tertiary/aromatic N) is 2. The summed E-state index contributed by atoms with van der Waals surface area (Å²) < 4.78 is 40.3. The molecule has 4 rings (SSSR count). The van der Waals surface area contributed by atoms with Crippen LogP contribution >= 0.6 is 23.2 Å². The predicted molar refractivity (Wildman–Crippen MR) is 174 cm³/mol. The average molecular weight is 663 g/mol. The molecule has 0 aromatic heterocycles. The predicted octanol–water partition coefficient (Wildman–Crippen LogP) is 6.77. The van der Waals surface area contributed by atoms with Crippen LogP contribution in [0.4, 0.5) is 10.1 Å². The number of carbonyl (C=O) groups excluding carboxylic acids is 2. The van der Waals surface area contributed by atoms with E-state index in [2.05, 4.69) is 5.32 Å². The van der Waals surface area contributed by atoms with E-state index in [9.17, 15) is 22.4 Å². The standard InChI is InChI=1S/C33H38Cl2FN3O4S/c1-44(42,43)39(30-22-26(34)16-19-29(30)35)20-8-13-32(40)38(23-25-14-17-27(36)18-15-25)31(21-24-9-4-2-5-10-24)33(41)37-28-11-6-3-7-12-28/h2,4-5,9-10,14-19,22,28,31H,3,6-8,11-13,20-21,23H2,1H3,(H,37,41)/t31-/m0/s1. The highest BCUT2D eigenvalue weighted by atomic mass is 35.5. The molecule has 3 aromatic carbocycles. The molecule has 1 aliphatic carbocycles. The second-order valence-corrected chi connectivity index (χ2v) is 14.0. The SMILES string of the molecule is CS(=O)(=O)N(CCCC(=O)N(Cc1ccc(F)cc1)[C@@H](Cc1ccccc1)C(=O)NC1CCCCC1)c1cc(Cl)ccc1Cl. The van der Waals surface area contributed by atoms with Gasteiger partial charge in [-0.25, -0.2) is 12.8 Å². The highest BCUT2D eigenvalue weighted by Gasteiger charge is 2.32. The summed E-state index contributed by atoms with van der Waals surface area (Å²) in [6, 6.07) is 19.1. The van der Waals surface area contributed by atoms with Gasteiger partial charge in [-0.05, 0) is 60.7 Å². The third-order valence-electron chi connectivity index (χ3n) is 7.82. The molecule has 0 aliphatic heterocycles. The van der Waals surface area contributed by atoms with Gasteiger partial charge in [0.1, 0.15) is 11.9 Å². The van der Waals surface area contributed by atoms with Crippen LogP contribution in [-0.2, 0) is 32.6 Å². The first-order valence-electron chi connectivity index (χ1n) is 14.8. The van der Waals surface area contributed by atoms with Gasteiger partial charge in [-0.15, -0.1) is 0 Å². The van der Waals surface area contributed by atoms with Gasteiger partial charge in [0.15, 0.2) is 0 Å². The fraction of sp³-hybridized carbons (Fsp3) is 0.394. The van der Waals surface area contributed by atoms with Crippen LogP contribution in [0.5, 0.6) is 0 Å². The van der Waals surface area contributed by atoms with E-state index in [0.717, 1.165) is 48.2 Å². The topological polar surface area (TPSA) is 86.8 Å². The fourth-order valence-corrected chi connectivity index (χ4v) is 6.95. The first-order valence-corrected chi connectivity index (χ1v) is 17.4. The van der Waals surface area contributed by atoms with Gasteiger partial charge in [-0.1, -0.05) is 84.9 Å². The summed E-state index contributed by atoms with van der Waals surface area (Å²) in [6.45, 7) is 0.0667. The molecule has 0 heterocycles. The minimum absolute atomic E-state index is 0.0212. The first kappa shape index (κ1) is 33.7. The van der Waals surface area contributed by atoms with Crippen LogP contribution in [0.3, 0.4) is 0 Å². The van der Waals surface area contributed by atoms with E-state index in [1.807, 2.05) is 30.3 Å². The number of anilines is 1. The molecular weight excluding hydrogens is 624 g/mol. The van der Waals surface area contributed by atoms with Crippen molar-refractivity contribution < 1.29 is 22.4 Å². The Morgan fingerprint density at radius 3 is 2.30 bits per heavy atom. The lowest BCUT2D eigenvalue weighted by Crippen LogP contribution is -2.52. The zero-order valence-corrected chi connectivity index (χ0v) is 27.1. The Labute approximate surface area is 269 Å². The molecule has 1 saturated carbocycles. The molecule has 0 unspecified atom stereocenters. The maximum absolute atomic E-state index is 14.0. The summed E-state index contributed by atoms with van der Waals surface area (Å²) in [5, 5.41) is 3.73. The van der Waals surface area contributed by atoms with Crippen LogP contribution in [0.15, 0.2) is 72.8 Å². The van der Waals surface area contributed by atoms with E-state index in [1.165, 1.54) is 29.2 Å². The van der Waals surface area contributed by atoms with Crippen LogP contribution in [-0.4, -0.2) is 50.0 Å². The van der Waals surface area contributed by atoms with E-state index in [4.69, 9.17) is 23.2 Å². The zero-order valence-electron chi connectivity index (χ0n) is 24.7. The highest BCUT2D eigenvalue weighted by Crippen LogP contribution is 2.31. The Morgan fingerprint density at radius 1 is 0.955 bits per heavy atom. The van der Waals surface area contributed by atoms with Gasteiger partial charge in [-0.2, -0.15) is 0 Å². The van der Waals surface area contributed by atoms with Crippen molar-refractivity contribution in [1.29, 1.82) is 0 Å². The summed E-state index contributed by atoms with van der Waals surface area (Å²) >= 11 is 12.4. The number of halogens is 3. The Balaban J connectivity index is 1.60. The van der Waals surface area contributed by atoms with Crippen molar-refractivity contribution in [3.63, 3.8) is 0 Å². The summed E-state index contributed by atoms with van der Waals surface area (Å²) in [4.78, 5) is 29.4. The quantitative estimate of drug-likeness (QED) is 0.219. The number of amides is 2. The van der Waals surface area contributed by atoms with Crippen molar-refractivity contribution in [2.24, 2.45) is 0 Å². The highest BCUT2D eigenvalue weighted by molar-refractivity contribution is 7.92. The molecule has 1 atom stereocenters. The molecule has 1 aliphatic rings. The van der Waals surface area contributed by atoms with Gasteiger partial charge in [0, 0.05) is 37.0 Å². The molecule has 7 nitrogen and oxygen atoms in total. The minimum atomic E-state index is -3.75. The third-order valence-corrected chi connectivity index (χ3v) is 9.55. The van der Waals surface area contributed by atoms with Gasteiger partial charge in [0.25, 0.3) is 0 Å². The van der Waals surface area contributed by atoms with Crippen molar-refractivity contribution in [3.05, 3.63) is 99.8 Å². The fourth-order valence-electron chi connectivity index (χ4n) is 5.54. The van der Waals surface area contributed by atoms with Crippen LogP contribution < -0.4 is 9.62 Å². The molecular formula is C33H38Cl2FN3O4S.